The van der Waals surface area contributed by atoms with Gasteiger partial charge in [-0.15, -0.1) is 0 Å². The molecule has 2 aromatic carbocycles. The molecule has 0 heterocycles. The summed E-state index contributed by atoms with van der Waals surface area (Å²) in [4.78, 5) is 0. The largest absolute Gasteiger partial charge is 0.372 e. The Morgan fingerprint density at radius 2 is 1.71 bits per heavy atom. The molecule has 1 atom stereocenters. The summed E-state index contributed by atoms with van der Waals surface area (Å²) < 4.78 is 19.4. The lowest BCUT2D eigenvalue weighted by molar-refractivity contribution is 0.136. The Hall–Kier alpha value is -1.19. The van der Waals surface area contributed by atoms with Crippen LogP contribution in [0.5, 0.6) is 0 Å². The average Bonchev–Trinajstić information content (AvgIpc) is 2.35. The highest BCUT2D eigenvalue weighted by Gasteiger charge is 2.15. The topological polar surface area (TPSA) is 9.23 Å². The van der Waals surface area contributed by atoms with Gasteiger partial charge in [-0.2, -0.15) is 0 Å². The molecule has 0 saturated carbocycles. The Balaban J connectivity index is 2.40. The first-order chi connectivity index (χ1) is 8.22. The van der Waals surface area contributed by atoms with E-state index in [4.69, 9.17) is 4.74 Å². The van der Waals surface area contributed by atoms with Gasteiger partial charge in [-0.25, -0.2) is 4.39 Å². The smallest absolute Gasteiger partial charge is 0.123 e. The molecule has 0 aliphatic carbocycles. The van der Waals surface area contributed by atoms with Crippen LogP contribution >= 0.6 is 15.9 Å². The van der Waals surface area contributed by atoms with Gasteiger partial charge in [-0.3, -0.25) is 0 Å². The fourth-order valence-corrected chi connectivity index (χ4v) is 2.26. The molecule has 0 bridgehead atoms. The second kappa shape index (κ2) is 5.43. The number of benzene rings is 2. The SMILES string of the molecule is CO[C@@H](c1ccc(F)cc1)c1ccccc1Br. The van der Waals surface area contributed by atoms with E-state index in [0.717, 1.165) is 15.6 Å². The monoisotopic (exact) mass is 294 g/mol. The van der Waals surface area contributed by atoms with E-state index in [1.807, 2.05) is 24.3 Å². The van der Waals surface area contributed by atoms with E-state index in [0.29, 0.717) is 0 Å². The first-order valence-electron chi connectivity index (χ1n) is 5.25. The van der Waals surface area contributed by atoms with Crippen molar-refractivity contribution in [3.8, 4) is 0 Å². The molecule has 0 aliphatic heterocycles. The number of halogens is 2. The van der Waals surface area contributed by atoms with Gasteiger partial charge in [0.05, 0.1) is 0 Å². The van der Waals surface area contributed by atoms with Crippen LogP contribution in [0.15, 0.2) is 53.0 Å². The summed E-state index contributed by atoms with van der Waals surface area (Å²) in [6.45, 7) is 0. The van der Waals surface area contributed by atoms with E-state index >= 15 is 0 Å². The number of hydrogen-bond acceptors (Lipinski definition) is 1. The van der Waals surface area contributed by atoms with Crippen LogP contribution < -0.4 is 0 Å². The van der Waals surface area contributed by atoms with Gasteiger partial charge in [0.1, 0.15) is 11.9 Å². The molecule has 88 valence electrons. The van der Waals surface area contributed by atoms with Crippen LogP contribution in [0.4, 0.5) is 4.39 Å². The minimum atomic E-state index is -0.240. The average molecular weight is 295 g/mol. The highest BCUT2D eigenvalue weighted by Crippen LogP contribution is 2.30. The molecule has 0 aromatic heterocycles. The molecule has 17 heavy (non-hydrogen) atoms. The predicted octanol–water partition coefficient (Wildman–Crippen LogP) is 4.32. The first kappa shape index (κ1) is 12.3. The number of ether oxygens (including phenoxy) is 1. The zero-order valence-corrected chi connectivity index (χ0v) is 10.9. The number of rotatable bonds is 3. The second-order valence-corrected chi connectivity index (χ2v) is 4.54. The van der Waals surface area contributed by atoms with Crippen LogP contribution in [0.1, 0.15) is 17.2 Å². The van der Waals surface area contributed by atoms with Crippen molar-refractivity contribution >= 4 is 15.9 Å². The Morgan fingerprint density at radius 3 is 2.29 bits per heavy atom. The Labute approximate surface area is 108 Å². The Kier molecular flexibility index (Phi) is 3.92. The molecule has 0 amide bonds. The molecule has 0 N–H and O–H groups in total. The lowest BCUT2D eigenvalue weighted by Gasteiger charge is -2.17. The summed E-state index contributed by atoms with van der Waals surface area (Å²) in [5.74, 6) is -0.240. The van der Waals surface area contributed by atoms with Gasteiger partial charge in [0, 0.05) is 11.6 Å². The molecule has 0 saturated heterocycles. The fourth-order valence-electron chi connectivity index (χ4n) is 1.77. The molecule has 0 aliphatic rings. The van der Waals surface area contributed by atoms with Gasteiger partial charge in [0.25, 0.3) is 0 Å². The zero-order valence-electron chi connectivity index (χ0n) is 9.36. The first-order valence-corrected chi connectivity index (χ1v) is 6.04. The molecule has 2 rings (SSSR count). The van der Waals surface area contributed by atoms with Gasteiger partial charge >= 0.3 is 0 Å². The lowest BCUT2D eigenvalue weighted by Crippen LogP contribution is -2.04. The molecule has 2 aromatic rings. The van der Waals surface area contributed by atoms with Crippen molar-refractivity contribution in [1.29, 1.82) is 0 Å². The molecule has 3 heteroatoms. The second-order valence-electron chi connectivity index (χ2n) is 3.69. The summed E-state index contributed by atoms with van der Waals surface area (Å²) in [6.07, 6.45) is -0.189. The molecular weight excluding hydrogens is 283 g/mol. The van der Waals surface area contributed by atoms with Crippen LogP contribution in [-0.4, -0.2) is 7.11 Å². The van der Waals surface area contributed by atoms with Gasteiger partial charge in [-0.1, -0.05) is 46.3 Å². The maximum absolute atomic E-state index is 12.9. The predicted molar refractivity (Wildman–Crippen MR) is 69.4 cm³/mol. The zero-order chi connectivity index (χ0) is 12.3. The third kappa shape index (κ3) is 2.73. The Bertz CT molecular complexity index is 496. The van der Waals surface area contributed by atoms with Crippen molar-refractivity contribution in [3.05, 3.63) is 69.9 Å². The minimum Gasteiger partial charge on any atom is -0.372 e. The summed E-state index contributed by atoms with van der Waals surface area (Å²) in [6, 6.07) is 14.2. The standard InChI is InChI=1S/C14H12BrFO/c1-17-14(10-6-8-11(16)9-7-10)12-4-2-3-5-13(12)15/h2-9,14H,1H3/t14-/m0/s1. The third-order valence-electron chi connectivity index (χ3n) is 2.60. The van der Waals surface area contributed by atoms with Crippen molar-refractivity contribution in [2.45, 2.75) is 6.10 Å². The molecular formula is C14H12BrFO. The third-order valence-corrected chi connectivity index (χ3v) is 3.32. The van der Waals surface area contributed by atoms with Crippen LogP contribution in [0, 0.1) is 5.82 Å². The summed E-state index contributed by atoms with van der Waals surface area (Å²) in [5.41, 5.74) is 1.96. The summed E-state index contributed by atoms with van der Waals surface area (Å²) >= 11 is 3.50. The minimum absolute atomic E-state index is 0.189. The van der Waals surface area contributed by atoms with Crippen LogP contribution in [0.3, 0.4) is 0 Å². The van der Waals surface area contributed by atoms with Crippen molar-refractivity contribution in [2.75, 3.05) is 7.11 Å². The number of methoxy groups -OCH3 is 1. The number of hydrogen-bond donors (Lipinski definition) is 0. The molecule has 0 radical (unpaired) electrons. The normalized spacial score (nSPS) is 12.4. The van der Waals surface area contributed by atoms with E-state index in [9.17, 15) is 4.39 Å². The molecule has 1 nitrogen and oxygen atoms in total. The van der Waals surface area contributed by atoms with Gasteiger partial charge in [0.2, 0.25) is 0 Å². The van der Waals surface area contributed by atoms with Crippen molar-refractivity contribution < 1.29 is 9.13 Å². The fraction of sp³-hybridized carbons (Fsp3) is 0.143. The summed E-state index contributed by atoms with van der Waals surface area (Å²) in [5, 5.41) is 0. The van der Waals surface area contributed by atoms with E-state index in [1.54, 1.807) is 19.2 Å². The van der Waals surface area contributed by atoms with E-state index < -0.39 is 0 Å². The Morgan fingerprint density at radius 1 is 1.06 bits per heavy atom. The van der Waals surface area contributed by atoms with Crippen molar-refractivity contribution in [3.63, 3.8) is 0 Å². The molecule has 0 fully saturated rings. The molecule has 0 spiro atoms. The summed E-state index contributed by atoms with van der Waals surface area (Å²) in [7, 11) is 1.65. The van der Waals surface area contributed by atoms with Gasteiger partial charge in [0.15, 0.2) is 0 Å². The highest BCUT2D eigenvalue weighted by atomic mass is 79.9. The molecule has 0 unspecified atom stereocenters. The highest BCUT2D eigenvalue weighted by molar-refractivity contribution is 9.10. The van der Waals surface area contributed by atoms with Crippen LogP contribution in [0.25, 0.3) is 0 Å². The van der Waals surface area contributed by atoms with Gasteiger partial charge < -0.3 is 4.74 Å². The van der Waals surface area contributed by atoms with Crippen molar-refractivity contribution in [2.24, 2.45) is 0 Å². The van der Waals surface area contributed by atoms with Crippen LogP contribution in [0.2, 0.25) is 0 Å². The maximum Gasteiger partial charge on any atom is 0.123 e. The van der Waals surface area contributed by atoms with E-state index in [2.05, 4.69) is 15.9 Å². The maximum atomic E-state index is 12.9. The lowest BCUT2D eigenvalue weighted by atomic mass is 10.0. The van der Waals surface area contributed by atoms with Crippen molar-refractivity contribution in [1.82, 2.24) is 0 Å². The quantitative estimate of drug-likeness (QED) is 0.819. The van der Waals surface area contributed by atoms with Gasteiger partial charge in [-0.05, 0) is 29.3 Å². The van der Waals surface area contributed by atoms with Crippen LogP contribution in [-0.2, 0) is 4.74 Å². The van der Waals surface area contributed by atoms with E-state index in [-0.39, 0.29) is 11.9 Å². The van der Waals surface area contributed by atoms with E-state index in [1.165, 1.54) is 12.1 Å².